The summed E-state index contributed by atoms with van der Waals surface area (Å²) in [6, 6.07) is 13.8. The maximum absolute atomic E-state index is 13.7. The Morgan fingerprint density at radius 1 is 1.00 bits per heavy atom. The van der Waals surface area contributed by atoms with E-state index >= 15 is 0 Å². The molecule has 2 aromatic heterocycles. The lowest BCUT2D eigenvalue weighted by Gasteiger charge is -2.31. The average molecular weight is 458 g/mol. The molecule has 7 nitrogen and oxygen atoms in total. The molecule has 4 heterocycles. The van der Waals surface area contributed by atoms with Gasteiger partial charge in [0.1, 0.15) is 17.3 Å². The van der Waals surface area contributed by atoms with Gasteiger partial charge in [-0.2, -0.15) is 0 Å². The van der Waals surface area contributed by atoms with Crippen molar-refractivity contribution in [1.82, 2.24) is 19.4 Å². The van der Waals surface area contributed by atoms with Gasteiger partial charge in [0.15, 0.2) is 0 Å². The first-order chi connectivity index (χ1) is 16.6. The first-order valence-corrected chi connectivity index (χ1v) is 12.3. The topological polar surface area (TPSA) is 80.1 Å². The van der Waals surface area contributed by atoms with Gasteiger partial charge in [0.05, 0.1) is 11.6 Å². The van der Waals surface area contributed by atoms with Crippen molar-refractivity contribution < 1.29 is 9.59 Å². The monoisotopic (exact) mass is 457 g/mol. The van der Waals surface area contributed by atoms with Crippen molar-refractivity contribution in [3.05, 3.63) is 65.6 Å². The number of carbonyl (C=O) groups is 2. The number of benzene rings is 1. The minimum absolute atomic E-state index is 0.0567. The lowest BCUT2D eigenvalue weighted by Crippen LogP contribution is -2.44. The van der Waals surface area contributed by atoms with Gasteiger partial charge in [-0.1, -0.05) is 42.8 Å². The number of aryl methyl sites for hydroxylation is 1. The Morgan fingerprint density at radius 2 is 1.85 bits per heavy atom. The summed E-state index contributed by atoms with van der Waals surface area (Å²) in [6.45, 7) is 3.90. The van der Waals surface area contributed by atoms with Crippen LogP contribution in [-0.2, 0) is 17.8 Å². The number of likely N-dealkylation sites (tertiary alicyclic amines) is 1. The summed E-state index contributed by atoms with van der Waals surface area (Å²) in [5.41, 5.74) is 3.67. The average Bonchev–Trinajstić information content (AvgIpc) is 3.06. The van der Waals surface area contributed by atoms with E-state index in [-0.39, 0.29) is 17.7 Å². The number of nitrogens with zero attached hydrogens (tertiary/aromatic N) is 4. The highest BCUT2D eigenvalue weighted by Crippen LogP contribution is 2.29. The normalized spacial score (nSPS) is 18.1. The molecule has 2 amide bonds. The molecule has 1 unspecified atom stereocenters. The molecule has 2 aliphatic rings. The summed E-state index contributed by atoms with van der Waals surface area (Å²) < 4.78 is 2.24. The molecule has 0 spiro atoms. The minimum atomic E-state index is -0.254. The van der Waals surface area contributed by atoms with Crippen molar-refractivity contribution in [3.63, 3.8) is 0 Å². The minimum Gasteiger partial charge on any atom is -0.336 e. The second-order valence-corrected chi connectivity index (χ2v) is 9.36. The summed E-state index contributed by atoms with van der Waals surface area (Å²) in [6.07, 6.45) is 7.47. The zero-order chi connectivity index (χ0) is 23.5. The van der Waals surface area contributed by atoms with Crippen LogP contribution in [0.15, 0.2) is 48.7 Å². The van der Waals surface area contributed by atoms with Crippen molar-refractivity contribution in [2.75, 3.05) is 18.4 Å². The second-order valence-electron chi connectivity index (χ2n) is 9.36. The molecule has 5 rings (SSSR count). The van der Waals surface area contributed by atoms with E-state index in [1.165, 1.54) is 0 Å². The van der Waals surface area contributed by atoms with Crippen LogP contribution < -0.4 is 5.32 Å². The van der Waals surface area contributed by atoms with Gasteiger partial charge >= 0.3 is 0 Å². The Hall–Kier alpha value is -3.48. The number of imidazole rings is 1. The van der Waals surface area contributed by atoms with E-state index in [9.17, 15) is 9.59 Å². The molecule has 2 aliphatic heterocycles. The predicted molar refractivity (Wildman–Crippen MR) is 131 cm³/mol. The molecule has 1 aromatic carbocycles. The fraction of sp³-hybridized carbons (Fsp3) is 0.407. The molecule has 0 bridgehead atoms. The van der Waals surface area contributed by atoms with Gasteiger partial charge in [-0.3, -0.25) is 9.59 Å². The highest BCUT2D eigenvalue weighted by Gasteiger charge is 2.32. The Bertz CT molecular complexity index is 1170. The van der Waals surface area contributed by atoms with E-state index in [1.807, 2.05) is 42.2 Å². The zero-order valence-corrected chi connectivity index (χ0v) is 19.7. The number of hydrogen-bond acceptors (Lipinski definition) is 4. The smallest absolute Gasteiger partial charge is 0.274 e. The summed E-state index contributed by atoms with van der Waals surface area (Å²) in [4.78, 5) is 37.6. The van der Waals surface area contributed by atoms with Crippen LogP contribution in [0.5, 0.6) is 0 Å². The van der Waals surface area contributed by atoms with E-state index in [1.54, 1.807) is 6.20 Å². The molecule has 1 fully saturated rings. The lowest BCUT2D eigenvalue weighted by molar-refractivity contribution is -0.121. The highest BCUT2D eigenvalue weighted by atomic mass is 16.2. The van der Waals surface area contributed by atoms with Crippen LogP contribution in [0.4, 0.5) is 5.82 Å². The van der Waals surface area contributed by atoms with Gasteiger partial charge in [0.25, 0.3) is 5.91 Å². The molecule has 1 atom stereocenters. The maximum Gasteiger partial charge on any atom is 0.274 e. The highest BCUT2D eigenvalue weighted by molar-refractivity contribution is 5.96. The number of hydrogen-bond donors (Lipinski definition) is 1. The quantitative estimate of drug-likeness (QED) is 0.627. The van der Waals surface area contributed by atoms with E-state index in [4.69, 9.17) is 4.98 Å². The molecule has 1 saturated heterocycles. The third-order valence-corrected chi connectivity index (χ3v) is 6.84. The summed E-state index contributed by atoms with van der Waals surface area (Å²) in [5, 5.41) is 2.91. The maximum atomic E-state index is 13.7. The molecule has 1 N–H and O–H groups in total. The SMILES string of the molecule is Cc1ccc(NC(=O)C2CCCN(C(=O)c3nc(-c4ccccc4)n4c3CCCCC4)C2)nc1. The molecular weight excluding hydrogens is 426 g/mol. The molecule has 34 heavy (non-hydrogen) atoms. The number of carbonyl (C=O) groups excluding carboxylic acids is 2. The fourth-order valence-corrected chi connectivity index (χ4v) is 4.99. The Kier molecular flexibility index (Phi) is 6.43. The van der Waals surface area contributed by atoms with Gasteiger partial charge in [-0.15, -0.1) is 0 Å². The molecule has 7 heteroatoms. The summed E-state index contributed by atoms with van der Waals surface area (Å²) in [7, 11) is 0. The van der Waals surface area contributed by atoms with Crippen molar-refractivity contribution in [2.45, 2.75) is 52.0 Å². The van der Waals surface area contributed by atoms with E-state index in [2.05, 4.69) is 27.0 Å². The molecule has 0 aliphatic carbocycles. The Labute approximate surface area is 200 Å². The van der Waals surface area contributed by atoms with Gasteiger partial charge < -0.3 is 14.8 Å². The van der Waals surface area contributed by atoms with Gasteiger partial charge in [0.2, 0.25) is 5.91 Å². The van der Waals surface area contributed by atoms with Crippen molar-refractivity contribution in [3.8, 4) is 11.4 Å². The van der Waals surface area contributed by atoms with E-state index in [0.29, 0.717) is 24.6 Å². The molecule has 0 saturated carbocycles. The number of piperidine rings is 1. The predicted octanol–water partition coefficient (Wildman–Crippen LogP) is 4.47. The third kappa shape index (κ3) is 4.60. The summed E-state index contributed by atoms with van der Waals surface area (Å²) >= 11 is 0. The van der Waals surface area contributed by atoms with Crippen LogP contribution in [0.3, 0.4) is 0 Å². The van der Waals surface area contributed by atoms with Gasteiger partial charge in [-0.05, 0) is 50.7 Å². The van der Waals surface area contributed by atoms with Crippen molar-refractivity contribution >= 4 is 17.6 Å². The number of amides is 2. The number of fused-ring (bicyclic) bond motifs is 1. The standard InChI is InChI=1S/C27H31N5O2/c1-19-13-14-23(28-17-19)29-26(33)21-11-8-15-31(18-21)27(34)24-22-12-6-3-7-16-32(22)25(30-24)20-9-4-2-5-10-20/h2,4-5,9-10,13-14,17,21H,3,6-8,11-12,15-16,18H2,1H3,(H,28,29,33). The first-order valence-electron chi connectivity index (χ1n) is 12.3. The number of pyridine rings is 1. The molecule has 3 aromatic rings. The number of nitrogens with one attached hydrogen (secondary N) is 1. The number of rotatable bonds is 4. The third-order valence-electron chi connectivity index (χ3n) is 6.84. The largest absolute Gasteiger partial charge is 0.336 e. The lowest BCUT2D eigenvalue weighted by atomic mass is 9.96. The van der Waals surface area contributed by atoms with Gasteiger partial charge in [-0.25, -0.2) is 9.97 Å². The number of anilines is 1. The van der Waals surface area contributed by atoms with Crippen molar-refractivity contribution in [1.29, 1.82) is 0 Å². The van der Waals surface area contributed by atoms with Crippen LogP contribution in [0.25, 0.3) is 11.4 Å². The van der Waals surface area contributed by atoms with Gasteiger partial charge in [0, 0.05) is 31.4 Å². The second kappa shape index (κ2) is 9.79. The van der Waals surface area contributed by atoms with Crippen molar-refractivity contribution in [2.24, 2.45) is 5.92 Å². The van der Waals surface area contributed by atoms with Crippen LogP contribution in [-0.4, -0.2) is 44.3 Å². The van der Waals surface area contributed by atoms with E-state index < -0.39 is 0 Å². The molecule has 0 radical (unpaired) electrons. The van der Waals surface area contributed by atoms with Crippen LogP contribution >= 0.6 is 0 Å². The zero-order valence-electron chi connectivity index (χ0n) is 19.7. The van der Waals surface area contributed by atoms with E-state index in [0.717, 1.165) is 67.7 Å². The fourth-order valence-electron chi connectivity index (χ4n) is 4.99. The van der Waals surface area contributed by atoms with Crippen LogP contribution in [0, 0.1) is 12.8 Å². The van der Waals surface area contributed by atoms with Crippen LogP contribution in [0.2, 0.25) is 0 Å². The molecule has 176 valence electrons. The number of aromatic nitrogens is 3. The molecular formula is C27H31N5O2. The van der Waals surface area contributed by atoms with Crippen LogP contribution in [0.1, 0.15) is 53.8 Å². The Balaban J connectivity index is 1.37. The first kappa shape index (κ1) is 22.3. The summed E-state index contributed by atoms with van der Waals surface area (Å²) in [5.74, 6) is 1.03. The Morgan fingerprint density at radius 3 is 2.65 bits per heavy atom.